The lowest BCUT2D eigenvalue weighted by Crippen LogP contribution is -2.42. The highest BCUT2D eigenvalue weighted by Gasteiger charge is 2.33. The zero-order chi connectivity index (χ0) is 20.2. The summed E-state index contributed by atoms with van der Waals surface area (Å²) in [5, 5.41) is 16.3. The second-order valence-electron chi connectivity index (χ2n) is 6.28. The van der Waals surface area contributed by atoms with Crippen molar-refractivity contribution in [1.82, 2.24) is 5.32 Å². The number of carbonyl (C=O) groups is 2. The van der Waals surface area contributed by atoms with Crippen molar-refractivity contribution in [2.24, 2.45) is 11.7 Å². The van der Waals surface area contributed by atoms with Crippen molar-refractivity contribution in [1.29, 1.82) is 0 Å². The first-order valence-electron chi connectivity index (χ1n) is 8.27. The summed E-state index contributed by atoms with van der Waals surface area (Å²) in [6.07, 6.45) is -2.75. The van der Waals surface area contributed by atoms with Crippen LogP contribution in [0.1, 0.15) is 31.2 Å². The lowest BCUT2D eigenvalue weighted by Gasteiger charge is -2.18. The standard InChI is InChI=1S/C16H19F3N4O4/c17-16(18,19)9-4-5-12(13(8-9)23(26)27)21-7-6-14(24)22-11-3-1-2-10(11)15(20)25/h4-5,8,10-11,21H,1-3,6-7H2,(H2,20,25)(H,22,24)/t10-,11-/m0/s1. The summed E-state index contributed by atoms with van der Waals surface area (Å²) in [5.41, 5.74) is 3.31. The Morgan fingerprint density at radius 1 is 1.30 bits per heavy atom. The first-order chi connectivity index (χ1) is 12.6. The largest absolute Gasteiger partial charge is 0.416 e. The summed E-state index contributed by atoms with van der Waals surface area (Å²) in [5.74, 6) is -1.27. The zero-order valence-electron chi connectivity index (χ0n) is 14.2. The molecule has 27 heavy (non-hydrogen) atoms. The molecule has 0 spiro atoms. The predicted molar refractivity (Wildman–Crippen MR) is 89.7 cm³/mol. The molecule has 1 aliphatic carbocycles. The highest BCUT2D eigenvalue weighted by molar-refractivity contribution is 5.81. The SMILES string of the molecule is NC(=O)[C@H]1CCC[C@@H]1NC(=O)CCNc1ccc(C(F)(F)F)cc1[N+](=O)[O-]. The molecule has 0 heterocycles. The summed E-state index contributed by atoms with van der Waals surface area (Å²) >= 11 is 0. The van der Waals surface area contributed by atoms with Crippen LogP contribution in [0.5, 0.6) is 0 Å². The van der Waals surface area contributed by atoms with Crippen LogP contribution in [0, 0.1) is 16.0 Å². The molecule has 1 fully saturated rings. The van der Waals surface area contributed by atoms with Crippen molar-refractivity contribution < 1.29 is 27.7 Å². The van der Waals surface area contributed by atoms with E-state index in [-0.39, 0.29) is 30.6 Å². The topological polar surface area (TPSA) is 127 Å². The van der Waals surface area contributed by atoms with Crippen LogP contribution in [0.3, 0.4) is 0 Å². The Balaban J connectivity index is 1.93. The fourth-order valence-electron chi connectivity index (χ4n) is 3.07. The molecule has 1 aromatic carbocycles. The normalized spacial score (nSPS) is 19.5. The average Bonchev–Trinajstić information content (AvgIpc) is 3.02. The van der Waals surface area contributed by atoms with Gasteiger partial charge in [0.1, 0.15) is 5.69 Å². The number of amides is 2. The highest BCUT2D eigenvalue weighted by Crippen LogP contribution is 2.35. The van der Waals surface area contributed by atoms with E-state index in [0.717, 1.165) is 18.6 Å². The van der Waals surface area contributed by atoms with Gasteiger partial charge in [-0.25, -0.2) is 0 Å². The molecule has 0 aromatic heterocycles. The number of carbonyl (C=O) groups excluding carboxylic acids is 2. The first-order valence-corrected chi connectivity index (χ1v) is 8.27. The van der Waals surface area contributed by atoms with Crippen LogP contribution in [-0.4, -0.2) is 29.3 Å². The number of nitro benzene ring substituents is 1. The van der Waals surface area contributed by atoms with Gasteiger partial charge in [0.2, 0.25) is 11.8 Å². The van der Waals surface area contributed by atoms with Gasteiger partial charge in [-0.2, -0.15) is 13.2 Å². The molecule has 8 nitrogen and oxygen atoms in total. The number of halogens is 3. The van der Waals surface area contributed by atoms with Crippen molar-refractivity contribution in [3.63, 3.8) is 0 Å². The highest BCUT2D eigenvalue weighted by atomic mass is 19.4. The summed E-state index contributed by atoms with van der Waals surface area (Å²) in [7, 11) is 0. The number of nitrogens with two attached hydrogens (primary N) is 1. The maximum atomic E-state index is 12.7. The van der Waals surface area contributed by atoms with Crippen LogP contribution in [-0.2, 0) is 15.8 Å². The quantitative estimate of drug-likeness (QED) is 0.487. The molecule has 1 aromatic rings. The van der Waals surface area contributed by atoms with Crippen molar-refractivity contribution in [2.75, 3.05) is 11.9 Å². The summed E-state index contributed by atoms with van der Waals surface area (Å²) in [4.78, 5) is 33.4. The summed E-state index contributed by atoms with van der Waals surface area (Å²) in [6.45, 7) is -0.0218. The number of nitro groups is 1. The van der Waals surface area contributed by atoms with Gasteiger partial charge in [-0.15, -0.1) is 0 Å². The number of hydrogen-bond acceptors (Lipinski definition) is 5. The number of primary amides is 1. The third-order valence-corrected chi connectivity index (χ3v) is 4.42. The van der Waals surface area contributed by atoms with Crippen LogP contribution in [0.2, 0.25) is 0 Å². The van der Waals surface area contributed by atoms with Crippen molar-refractivity contribution in [3.8, 4) is 0 Å². The Labute approximate surface area is 152 Å². The fourth-order valence-corrected chi connectivity index (χ4v) is 3.07. The van der Waals surface area contributed by atoms with E-state index in [0.29, 0.717) is 18.9 Å². The third-order valence-electron chi connectivity index (χ3n) is 4.42. The fraction of sp³-hybridized carbons (Fsp3) is 0.500. The number of nitrogens with one attached hydrogen (secondary N) is 2. The van der Waals surface area contributed by atoms with Gasteiger partial charge >= 0.3 is 6.18 Å². The van der Waals surface area contributed by atoms with Gasteiger partial charge in [-0.1, -0.05) is 6.42 Å². The van der Waals surface area contributed by atoms with Crippen LogP contribution < -0.4 is 16.4 Å². The van der Waals surface area contributed by atoms with Gasteiger partial charge in [0.05, 0.1) is 16.4 Å². The zero-order valence-corrected chi connectivity index (χ0v) is 14.2. The maximum Gasteiger partial charge on any atom is 0.416 e. The van der Waals surface area contributed by atoms with E-state index in [1.165, 1.54) is 0 Å². The predicted octanol–water partition coefficient (Wildman–Crippen LogP) is 2.19. The monoisotopic (exact) mass is 388 g/mol. The molecular formula is C16H19F3N4O4. The Hall–Kier alpha value is -2.85. The number of anilines is 1. The van der Waals surface area contributed by atoms with Gasteiger partial charge < -0.3 is 16.4 Å². The van der Waals surface area contributed by atoms with Crippen LogP contribution in [0.25, 0.3) is 0 Å². The van der Waals surface area contributed by atoms with Crippen molar-refractivity contribution in [2.45, 2.75) is 37.9 Å². The maximum absolute atomic E-state index is 12.7. The minimum absolute atomic E-state index is 0.0218. The molecule has 1 saturated carbocycles. The summed E-state index contributed by atoms with van der Waals surface area (Å²) < 4.78 is 38.0. The Morgan fingerprint density at radius 3 is 2.59 bits per heavy atom. The van der Waals surface area contributed by atoms with Crippen molar-refractivity contribution >= 4 is 23.2 Å². The molecule has 2 rings (SSSR count). The Kier molecular flexibility index (Phi) is 6.24. The average molecular weight is 388 g/mol. The molecule has 148 valence electrons. The van der Waals surface area contributed by atoms with E-state index in [1.54, 1.807) is 0 Å². The van der Waals surface area contributed by atoms with E-state index in [2.05, 4.69) is 10.6 Å². The number of rotatable bonds is 7. The van der Waals surface area contributed by atoms with Crippen LogP contribution >= 0.6 is 0 Å². The number of alkyl halides is 3. The Bertz CT molecular complexity index is 739. The number of hydrogen-bond donors (Lipinski definition) is 3. The number of benzene rings is 1. The van der Waals surface area contributed by atoms with Gasteiger partial charge in [0.25, 0.3) is 5.69 Å². The van der Waals surface area contributed by atoms with E-state index in [4.69, 9.17) is 5.73 Å². The molecular weight excluding hydrogens is 369 g/mol. The third kappa shape index (κ3) is 5.31. The minimum Gasteiger partial charge on any atom is -0.379 e. The molecule has 0 bridgehead atoms. The number of nitrogens with zero attached hydrogens (tertiary/aromatic N) is 1. The molecule has 1 aliphatic rings. The van der Waals surface area contributed by atoms with Crippen molar-refractivity contribution in [3.05, 3.63) is 33.9 Å². The molecule has 0 radical (unpaired) electrons. The molecule has 2 amide bonds. The molecule has 2 atom stereocenters. The second-order valence-corrected chi connectivity index (χ2v) is 6.28. The van der Waals surface area contributed by atoms with E-state index in [1.807, 2.05) is 0 Å². The second kappa shape index (κ2) is 8.23. The molecule has 4 N–H and O–H groups in total. The first kappa shape index (κ1) is 20.5. The lowest BCUT2D eigenvalue weighted by atomic mass is 10.0. The van der Waals surface area contributed by atoms with Gasteiger partial charge in [0.15, 0.2) is 0 Å². The smallest absolute Gasteiger partial charge is 0.379 e. The summed E-state index contributed by atoms with van der Waals surface area (Å²) in [6, 6.07) is 1.79. The van der Waals surface area contributed by atoms with E-state index < -0.39 is 34.2 Å². The van der Waals surface area contributed by atoms with Crippen LogP contribution in [0.15, 0.2) is 18.2 Å². The van der Waals surface area contributed by atoms with Crippen LogP contribution in [0.4, 0.5) is 24.5 Å². The van der Waals surface area contributed by atoms with E-state index in [9.17, 15) is 32.9 Å². The molecule has 11 heteroatoms. The lowest BCUT2D eigenvalue weighted by molar-refractivity contribution is -0.384. The molecule has 0 aliphatic heterocycles. The Morgan fingerprint density at radius 2 is 2.00 bits per heavy atom. The minimum atomic E-state index is -4.69. The van der Waals surface area contributed by atoms with Gasteiger partial charge in [-0.05, 0) is 25.0 Å². The molecule has 0 saturated heterocycles. The van der Waals surface area contributed by atoms with Gasteiger partial charge in [-0.3, -0.25) is 19.7 Å². The molecule has 0 unspecified atom stereocenters. The van der Waals surface area contributed by atoms with E-state index >= 15 is 0 Å². The van der Waals surface area contributed by atoms with Gasteiger partial charge in [0, 0.05) is 25.1 Å².